The molecule has 6 nitrogen and oxygen atoms in total. The van der Waals surface area contributed by atoms with Gasteiger partial charge in [-0.15, -0.1) is 0 Å². The fourth-order valence-electron chi connectivity index (χ4n) is 5.43. The van der Waals surface area contributed by atoms with Crippen LogP contribution in [0.3, 0.4) is 0 Å². The number of benzene rings is 3. The smallest absolute Gasteiger partial charge is 0.240 e. The molecule has 0 spiro atoms. The molecule has 3 atom stereocenters. The summed E-state index contributed by atoms with van der Waals surface area (Å²) < 4.78 is 30.0. The van der Waals surface area contributed by atoms with Gasteiger partial charge in [-0.25, -0.2) is 13.8 Å². The zero-order valence-electron chi connectivity index (χ0n) is 21.6. The average molecular weight is 607 g/mol. The van der Waals surface area contributed by atoms with E-state index in [2.05, 4.69) is 31.5 Å². The summed E-state index contributed by atoms with van der Waals surface area (Å²) in [6.45, 7) is 0.181. The number of nitrogens with zero attached hydrogens (tertiary/aromatic N) is 2. The van der Waals surface area contributed by atoms with Crippen molar-refractivity contribution in [2.45, 2.75) is 43.8 Å². The molecular formula is C31H29BrF2N4O2. The van der Waals surface area contributed by atoms with Crippen LogP contribution in [0, 0.1) is 17.6 Å². The summed E-state index contributed by atoms with van der Waals surface area (Å²) in [6.07, 6.45) is 6.80. The van der Waals surface area contributed by atoms with Crippen LogP contribution in [0.5, 0.6) is 0 Å². The van der Waals surface area contributed by atoms with Crippen LogP contribution in [0.25, 0.3) is 0 Å². The van der Waals surface area contributed by atoms with E-state index in [1.54, 1.807) is 47.6 Å². The van der Waals surface area contributed by atoms with Gasteiger partial charge >= 0.3 is 0 Å². The molecule has 0 bridgehead atoms. The van der Waals surface area contributed by atoms with Crippen molar-refractivity contribution >= 4 is 27.7 Å². The first-order chi connectivity index (χ1) is 19.4. The fraction of sp³-hybridized carbons (Fsp3) is 0.258. The number of rotatable bonds is 8. The highest BCUT2D eigenvalue weighted by Crippen LogP contribution is 2.39. The molecule has 206 valence electrons. The van der Waals surface area contributed by atoms with Gasteiger partial charge in [0.2, 0.25) is 11.8 Å². The van der Waals surface area contributed by atoms with E-state index < -0.39 is 6.04 Å². The van der Waals surface area contributed by atoms with Crippen molar-refractivity contribution in [2.75, 3.05) is 0 Å². The topological polar surface area (TPSA) is 76.0 Å². The molecular weight excluding hydrogens is 578 g/mol. The highest BCUT2D eigenvalue weighted by atomic mass is 79.9. The molecule has 9 heteroatoms. The van der Waals surface area contributed by atoms with Crippen molar-refractivity contribution < 1.29 is 18.4 Å². The first-order valence-corrected chi connectivity index (χ1v) is 14.0. The van der Waals surface area contributed by atoms with Gasteiger partial charge in [0.05, 0.1) is 12.4 Å². The van der Waals surface area contributed by atoms with Gasteiger partial charge in [-0.1, -0.05) is 52.3 Å². The Morgan fingerprint density at radius 1 is 0.925 bits per heavy atom. The second-order valence-corrected chi connectivity index (χ2v) is 11.0. The second-order valence-electron chi connectivity index (χ2n) is 10.1. The first-order valence-electron chi connectivity index (χ1n) is 13.2. The lowest BCUT2D eigenvalue weighted by molar-refractivity contribution is -0.127. The maximum atomic E-state index is 13.9. The molecule has 1 aliphatic rings. The standard InChI is InChI=1S/C31H29BrF2N4O2/c32-23-7-1-20(2-8-23)28-17-26(36-29(39)18-38-16-15-35-19-38)13-14-27(28)31(40)37-30(21-3-9-24(33)10-4-21)22-5-11-25(34)12-6-22/h1-12,15-16,19,26-28,30H,13-14,17-18H2,(H,36,39)(H,37,40)/t26-,27-,28+/m1/s1. The molecule has 1 fully saturated rings. The van der Waals surface area contributed by atoms with Crippen LogP contribution >= 0.6 is 15.9 Å². The van der Waals surface area contributed by atoms with Crippen LogP contribution in [0.2, 0.25) is 0 Å². The van der Waals surface area contributed by atoms with Crippen molar-refractivity contribution in [1.29, 1.82) is 0 Å². The SMILES string of the molecule is O=C(Cn1ccnc1)N[C@@H]1CC[C@@H](C(=O)NC(c2ccc(F)cc2)c2ccc(F)cc2)[C@H](c2ccc(Br)cc2)C1. The van der Waals surface area contributed by atoms with Crippen LogP contribution in [0.4, 0.5) is 8.78 Å². The van der Waals surface area contributed by atoms with Crippen molar-refractivity contribution in [1.82, 2.24) is 20.2 Å². The summed E-state index contributed by atoms with van der Waals surface area (Å²) in [5, 5.41) is 6.30. The predicted molar refractivity (Wildman–Crippen MR) is 151 cm³/mol. The minimum Gasteiger partial charge on any atom is -0.352 e. The van der Waals surface area contributed by atoms with E-state index in [1.807, 2.05) is 24.3 Å². The van der Waals surface area contributed by atoms with Gasteiger partial charge in [0.25, 0.3) is 0 Å². The second kappa shape index (κ2) is 12.6. The van der Waals surface area contributed by atoms with E-state index in [9.17, 15) is 18.4 Å². The number of imidazole rings is 1. The van der Waals surface area contributed by atoms with Gasteiger partial charge in [-0.3, -0.25) is 9.59 Å². The van der Waals surface area contributed by atoms with Crippen molar-refractivity contribution in [3.05, 3.63) is 124 Å². The minimum atomic E-state index is -0.577. The molecule has 1 saturated carbocycles. The largest absolute Gasteiger partial charge is 0.352 e. The zero-order valence-corrected chi connectivity index (χ0v) is 23.2. The lowest BCUT2D eigenvalue weighted by atomic mass is 9.73. The van der Waals surface area contributed by atoms with Crippen molar-refractivity contribution in [2.24, 2.45) is 5.92 Å². The monoisotopic (exact) mass is 606 g/mol. The number of hydrogen-bond acceptors (Lipinski definition) is 3. The normalized spacial score (nSPS) is 18.9. The summed E-state index contributed by atoms with van der Waals surface area (Å²) in [5.41, 5.74) is 2.40. The van der Waals surface area contributed by atoms with Gasteiger partial charge in [0.1, 0.15) is 18.2 Å². The van der Waals surface area contributed by atoms with Crippen molar-refractivity contribution in [3.63, 3.8) is 0 Å². The number of hydrogen-bond donors (Lipinski definition) is 2. The Morgan fingerprint density at radius 3 is 2.12 bits per heavy atom. The summed E-state index contributed by atoms with van der Waals surface area (Å²) in [6, 6.07) is 19.1. The van der Waals surface area contributed by atoms with Gasteiger partial charge in [0.15, 0.2) is 0 Å². The van der Waals surface area contributed by atoms with E-state index in [4.69, 9.17) is 0 Å². The molecule has 2 amide bonds. The van der Waals surface area contributed by atoms with Crippen LogP contribution in [-0.2, 0) is 16.1 Å². The molecule has 1 aromatic heterocycles. The quantitative estimate of drug-likeness (QED) is 0.262. The van der Waals surface area contributed by atoms with Crippen LogP contribution in [0.1, 0.15) is 47.9 Å². The van der Waals surface area contributed by atoms with Gasteiger partial charge in [-0.05, 0) is 78.3 Å². The summed E-state index contributed by atoms with van der Waals surface area (Å²) >= 11 is 3.48. The third kappa shape index (κ3) is 6.83. The maximum absolute atomic E-state index is 13.9. The van der Waals surface area contributed by atoms with E-state index in [-0.39, 0.29) is 47.9 Å². The van der Waals surface area contributed by atoms with Crippen LogP contribution in [0.15, 0.2) is 96.0 Å². The van der Waals surface area contributed by atoms with Gasteiger partial charge < -0.3 is 15.2 Å². The van der Waals surface area contributed by atoms with Crippen molar-refractivity contribution in [3.8, 4) is 0 Å². The van der Waals surface area contributed by atoms with E-state index in [0.29, 0.717) is 30.4 Å². The molecule has 0 radical (unpaired) electrons. The maximum Gasteiger partial charge on any atom is 0.240 e. The third-order valence-corrected chi connectivity index (χ3v) is 7.96. The Balaban J connectivity index is 1.37. The molecule has 2 N–H and O–H groups in total. The zero-order chi connectivity index (χ0) is 28.1. The molecule has 1 aliphatic carbocycles. The molecule has 0 saturated heterocycles. The Morgan fingerprint density at radius 2 is 1.55 bits per heavy atom. The van der Waals surface area contributed by atoms with E-state index in [0.717, 1.165) is 10.0 Å². The van der Waals surface area contributed by atoms with Crippen LogP contribution < -0.4 is 10.6 Å². The number of carbonyl (C=O) groups excluding carboxylic acids is 2. The molecule has 0 unspecified atom stereocenters. The number of carbonyl (C=O) groups is 2. The van der Waals surface area contributed by atoms with Gasteiger partial charge in [0, 0.05) is 28.8 Å². The third-order valence-electron chi connectivity index (χ3n) is 7.43. The number of aromatic nitrogens is 2. The summed E-state index contributed by atoms with van der Waals surface area (Å²) in [5.74, 6) is -1.50. The molecule has 0 aliphatic heterocycles. The Bertz CT molecular complexity index is 1380. The Kier molecular flexibility index (Phi) is 8.69. The molecule has 5 rings (SSSR count). The Hall–Kier alpha value is -3.85. The number of amides is 2. The van der Waals surface area contributed by atoms with Crippen LogP contribution in [-0.4, -0.2) is 27.4 Å². The highest BCUT2D eigenvalue weighted by Gasteiger charge is 2.37. The summed E-state index contributed by atoms with van der Waals surface area (Å²) in [7, 11) is 0. The molecule has 1 heterocycles. The lowest BCUT2D eigenvalue weighted by Gasteiger charge is -2.37. The fourth-order valence-corrected chi connectivity index (χ4v) is 5.70. The highest BCUT2D eigenvalue weighted by molar-refractivity contribution is 9.10. The summed E-state index contributed by atoms with van der Waals surface area (Å²) in [4.78, 5) is 30.6. The predicted octanol–water partition coefficient (Wildman–Crippen LogP) is 5.90. The van der Waals surface area contributed by atoms with E-state index in [1.165, 1.54) is 24.3 Å². The molecule has 3 aromatic carbocycles. The minimum absolute atomic E-state index is 0.0845. The number of nitrogens with one attached hydrogen (secondary N) is 2. The molecule has 40 heavy (non-hydrogen) atoms. The number of halogens is 3. The van der Waals surface area contributed by atoms with Gasteiger partial charge in [-0.2, -0.15) is 0 Å². The molecule has 4 aromatic rings. The first kappa shape index (κ1) is 27.7. The Labute approximate surface area is 240 Å². The van der Waals surface area contributed by atoms with E-state index >= 15 is 0 Å². The average Bonchev–Trinajstić information content (AvgIpc) is 3.46. The lowest BCUT2D eigenvalue weighted by Crippen LogP contribution is -2.45.